The summed E-state index contributed by atoms with van der Waals surface area (Å²) < 4.78 is 53.2. The van der Waals surface area contributed by atoms with E-state index in [1.807, 2.05) is 12.1 Å². The maximum Gasteiger partial charge on any atom is 0.451 e. The number of alkyl halides is 3. The van der Waals surface area contributed by atoms with E-state index in [0.717, 1.165) is 5.56 Å². The van der Waals surface area contributed by atoms with Crippen LogP contribution >= 0.6 is 7.60 Å². The molecule has 0 bridgehead atoms. The first-order valence-electron chi connectivity index (χ1n) is 16.3. The Morgan fingerprint density at radius 3 is 2.38 bits per heavy atom. The number of nitrogens with one attached hydrogen (secondary N) is 3. The summed E-state index contributed by atoms with van der Waals surface area (Å²) in [5.41, 5.74) is 1.60. The summed E-state index contributed by atoms with van der Waals surface area (Å²) in [4.78, 5) is 66.5. The molecule has 1 unspecified atom stereocenters. The highest BCUT2D eigenvalue weighted by Crippen LogP contribution is 2.35. The fraction of sp³-hybridized carbons (Fsp3) is 0.500. The number of Topliss-reactive ketones (excluding diaryl/α,β-unsaturated/α-hetero) is 2. The second-order valence-corrected chi connectivity index (χ2v) is 14.2. The molecule has 1 aromatic heterocycles. The van der Waals surface area contributed by atoms with Gasteiger partial charge < -0.3 is 35.5 Å². The number of amides is 1. The van der Waals surface area contributed by atoms with Crippen molar-refractivity contribution >= 4 is 36.7 Å². The molecule has 0 radical (unpaired) electrons. The van der Waals surface area contributed by atoms with Crippen molar-refractivity contribution in [1.82, 2.24) is 25.9 Å². The molecule has 2 fully saturated rings. The SMILES string of the molecule is N#Cc1ccc(CCNC(=O)C2CCCN2c2cc(N3CCC(CCNC4=C(NCP(=O)(O)O)C(=O)C(=O)C4)CC3)nc(C(F)(F)F)n2)cc1. The van der Waals surface area contributed by atoms with Crippen LogP contribution in [0.3, 0.4) is 0 Å². The molecule has 0 spiro atoms. The number of aromatic nitrogens is 2. The van der Waals surface area contributed by atoms with E-state index in [1.54, 1.807) is 21.9 Å². The summed E-state index contributed by atoms with van der Waals surface area (Å²) in [7, 11) is -4.46. The molecule has 14 nitrogen and oxygen atoms in total. The van der Waals surface area contributed by atoms with Gasteiger partial charge in [-0.15, -0.1) is 0 Å². The van der Waals surface area contributed by atoms with Crippen molar-refractivity contribution < 1.29 is 41.9 Å². The molecule has 1 atom stereocenters. The van der Waals surface area contributed by atoms with Crippen molar-refractivity contribution in [3.63, 3.8) is 0 Å². The third-order valence-corrected chi connectivity index (χ3v) is 9.58. The van der Waals surface area contributed by atoms with Gasteiger partial charge in [-0.25, -0.2) is 9.97 Å². The van der Waals surface area contributed by atoms with E-state index in [4.69, 9.17) is 15.0 Å². The molecule has 1 aromatic carbocycles. The number of carbonyl (C=O) groups is 3. The number of allylic oxidation sites excluding steroid dienone is 2. The Morgan fingerprint density at radius 2 is 1.72 bits per heavy atom. The van der Waals surface area contributed by atoms with Crippen LogP contribution in [0.4, 0.5) is 24.8 Å². The quantitative estimate of drug-likeness (QED) is 0.150. The molecular weight excluding hydrogens is 680 g/mol. The highest BCUT2D eigenvalue weighted by Gasteiger charge is 2.39. The van der Waals surface area contributed by atoms with Crippen LogP contribution in [-0.4, -0.2) is 82.3 Å². The largest absolute Gasteiger partial charge is 0.451 e. The standard InChI is InChI=1S/C32H38F3N8O6P/c33-32(34,35)31-40-26(17-27(41-31)43-13-1-2-24(43)30(46)38-12-8-20-3-5-22(18-36)6-4-20)42-14-9-21(10-15-42)7-11-37-23-16-25(44)29(45)28(23)39-19-50(47,48)49/h3-6,17,21,24,37,39H,1-2,7-16,19H2,(H,38,46)(H2,47,48,49). The second-order valence-electron chi connectivity index (χ2n) is 12.5. The Balaban J connectivity index is 1.18. The van der Waals surface area contributed by atoms with E-state index < -0.39 is 43.5 Å². The van der Waals surface area contributed by atoms with Gasteiger partial charge >= 0.3 is 13.8 Å². The van der Waals surface area contributed by atoms with Gasteiger partial charge in [0.25, 0.3) is 0 Å². The highest BCUT2D eigenvalue weighted by atomic mass is 31.2. The summed E-state index contributed by atoms with van der Waals surface area (Å²) in [5.74, 6) is -2.76. The highest BCUT2D eigenvalue weighted by molar-refractivity contribution is 7.51. The monoisotopic (exact) mass is 718 g/mol. The number of rotatable bonds is 13. The normalized spacial score (nSPS) is 18.8. The van der Waals surface area contributed by atoms with Gasteiger partial charge in [0.05, 0.1) is 18.1 Å². The van der Waals surface area contributed by atoms with Crippen molar-refractivity contribution in [2.45, 2.75) is 57.2 Å². The fourth-order valence-corrected chi connectivity index (χ4v) is 6.73. The summed E-state index contributed by atoms with van der Waals surface area (Å²) in [6.07, 6.45) is -2.28. The molecule has 5 N–H and O–H groups in total. The molecule has 2 aliphatic heterocycles. The predicted octanol–water partition coefficient (Wildman–Crippen LogP) is 2.37. The molecule has 1 aliphatic carbocycles. The van der Waals surface area contributed by atoms with E-state index in [2.05, 4.69) is 32.0 Å². The number of carbonyl (C=O) groups excluding carboxylic acids is 3. The smallest absolute Gasteiger partial charge is 0.386 e. The second kappa shape index (κ2) is 15.6. The average molecular weight is 719 g/mol. The minimum Gasteiger partial charge on any atom is -0.386 e. The van der Waals surface area contributed by atoms with Gasteiger partial charge in [0, 0.05) is 44.5 Å². The number of hydrogen-bond donors (Lipinski definition) is 5. The van der Waals surface area contributed by atoms with E-state index in [-0.39, 0.29) is 41.3 Å². The van der Waals surface area contributed by atoms with E-state index in [1.165, 1.54) is 6.07 Å². The van der Waals surface area contributed by atoms with Gasteiger partial charge in [-0.3, -0.25) is 18.9 Å². The van der Waals surface area contributed by atoms with Crippen LogP contribution in [-0.2, 0) is 31.5 Å². The Morgan fingerprint density at radius 1 is 1.02 bits per heavy atom. The zero-order valence-corrected chi connectivity index (χ0v) is 28.0. The first-order valence-corrected chi connectivity index (χ1v) is 18.1. The first kappa shape index (κ1) is 36.8. The number of halogens is 3. The lowest BCUT2D eigenvalue weighted by atomic mass is 9.93. The molecule has 1 amide bonds. The third kappa shape index (κ3) is 9.38. The number of ketones is 2. The number of nitrogens with zero attached hydrogens (tertiary/aromatic N) is 5. The summed E-state index contributed by atoms with van der Waals surface area (Å²) in [6, 6.07) is 9.87. The van der Waals surface area contributed by atoms with Gasteiger partial charge in [0.15, 0.2) is 0 Å². The molecule has 0 saturated carbocycles. The number of anilines is 2. The molecular formula is C32H38F3N8O6P. The maximum absolute atomic E-state index is 14.0. The minimum atomic E-state index is -4.80. The lowest BCUT2D eigenvalue weighted by Crippen LogP contribution is -2.44. The van der Waals surface area contributed by atoms with Crippen molar-refractivity contribution in [3.8, 4) is 6.07 Å². The molecule has 268 valence electrons. The molecule has 5 rings (SSSR count). The van der Waals surface area contributed by atoms with Crippen LogP contribution in [0.1, 0.15) is 55.5 Å². The lowest BCUT2D eigenvalue weighted by molar-refractivity contribution is -0.144. The molecule has 18 heteroatoms. The minimum absolute atomic E-state index is 0.0375. The van der Waals surface area contributed by atoms with Gasteiger partial charge in [0.2, 0.25) is 23.3 Å². The Kier molecular flexibility index (Phi) is 11.4. The van der Waals surface area contributed by atoms with Gasteiger partial charge in [0.1, 0.15) is 29.7 Å². The van der Waals surface area contributed by atoms with E-state index in [9.17, 15) is 32.1 Å². The molecule has 50 heavy (non-hydrogen) atoms. The van der Waals surface area contributed by atoms with Crippen molar-refractivity contribution in [2.75, 3.05) is 48.8 Å². The third-order valence-electron chi connectivity index (χ3n) is 9.01. The summed E-state index contributed by atoms with van der Waals surface area (Å²) in [6.45, 7) is 1.91. The lowest BCUT2D eigenvalue weighted by Gasteiger charge is -2.34. The van der Waals surface area contributed by atoms with Crippen LogP contribution in [0.5, 0.6) is 0 Å². The van der Waals surface area contributed by atoms with Gasteiger partial charge in [-0.1, -0.05) is 12.1 Å². The average Bonchev–Trinajstić information content (AvgIpc) is 3.68. The van der Waals surface area contributed by atoms with Crippen molar-refractivity contribution in [2.24, 2.45) is 5.92 Å². The predicted molar refractivity (Wildman–Crippen MR) is 175 cm³/mol. The van der Waals surface area contributed by atoms with E-state index >= 15 is 0 Å². The maximum atomic E-state index is 14.0. The van der Waals surface area contributed by atoms with Crippen LogP contribution < -0.4 is 25.8 Å². The van der Waals surface area contributed by atoms with Crippen LogP contribution in [0, 0.1) is 17.2 Å². The van der Waals surface area contributed by atoms with E-state index in [0.29, 0.717) is 76.8 Å². The zero-order chi connectivity index (χ0) is 36.1. The molecule has 2 aromatic rings. The number of benzene rings is 1. The Labute approximate surface area is 286 Å². The van der Waals surface area contributed by atoms with Crippen molar-refractivity contribution in [1.29, 1.82) is 5.26 Å². The van der Waals surface area contributed by atoms with Crippen molar-refractivity contribution in [3.05, 3.63) is 58.7 Å². The fourth-order valence-electron chi connectivity index (χ4n) is 6.37. The Bertz CT molecular complexity index is 1720. The number of piperidine rings is 1. The molecule has 2 saturated heterocycles. The summed E-state index contributed by atoms with van der Waals surface area (Å²) in [5, 5.41) is 17.3. The summed E-state index contributed by atoms with van der Waals surface area (Å²) >= 11 is 0. The van der Waals surface area contributed by atoms with Crippen LogP contribution in [0.15, 0.2) is 41.7 Å². The van der Waals surface area contributed by atoms with Crippen LogP contribution in [0.25, 0.3) is 0 Å². The van der Waals surface area contributed by atoms with Crippen LogP contribution in [0.2, 0.25) is 0 Å². The molecule has 3 aliphatic rings. The zero-order valence-electron chi connectivity index (χ0n) is 27.1. The number of hydrogen-bond acceptors (Lipinski definition) is 11. The van der Waals surface area contributed by atoms with Gasteiger partial charge in [-0.2, -0.15) is 18.4 Å². The molecule has 3 heterocycles. The topological polar surface area (TPSA) is 201 Å². The Hall–Kier alpha value is -4.52. The first-order chi connectivity index (χ1) is 23.7. The number of nitriles is 1. The van der Waals surface area contributed by atoms with Gasteiger partial charge in [-0.05, 0) is 62.1 Å².